The van der Waals surface area contributed by atoms with Crippen LogP contribution in [-0.4, -0.2) is 16.9 Å². The number of aryl methyl sites for hydroxylation is 1. The number of amides is 1. The number of nitrogens with zero attached hydrogens (tertiary/aromatic N) is 1. The fourth-order valence-corrected chi connectivity index (χ4v) is 2.50. The normalized spacial score (nSPS) is 23.7. The van der Waals surface area contributed by atoms with Gasteiger partial charge in [-0.1, -0.05) is 6.92 Å². The molecule has 4 nitrogen and oxygen atoms in total. The van der Waals surface area contributed by atoms with Gasteiger partial charge in [0, 0.05) is 17.3 Å². The Bertz CT molecular complexity index is 416. The molecular formula is C14H21N3O. The van der Waals surface area contributed by atoms with Crippen molar-refractivity contribution in [2.75, 3.05) is 5.73 Å². The van der Waals surface area contributed by atoms with Gasteiger partial charge in [-0.25, -0.2) is 4.98 Å². The highest BCUT2D eigenvalue weighted by Crippen LogP contribution is 2.23. The molecule has 1 heterocycles. The van der Waals surface area contributed by atoms with Crippen LogP contribution in [0.3, 0.4) is 0 Å². The Morgan fingerprint density at radius 3 is 2.61 bits per heavy atom. The zero-order valence-corrected chi connectivity index (χ0v) is 11.1. The van der Waals surface area contributed by atoms with Crippen LogP contribution in [-0.2, 0) is 0 Å². The van der Waals surface area contributed by atoms with E-state index < -0.39 is 0 Å². The molecule has 18 heavy (non-hydrogen) atoms. The molecule has 1 aromatic heterocycles. The highest BCUT2D eigenvalue weighted by atomic mass is 16.1. The predicted molar refractivity (Wildman–Crippen MR) is 72.3 cm³/mol. The second-order valence-electron chi connectivity index (χ2n) is 5.35. The number of anilines is 1. The summed E-state index contributed by atoms with van der Waals surface area (Å²) in [5.41, 5.74) is 7.04. The molecule has 2 rings (SSSR count). The lowest BCUT2D eigenvalue weighted by Crippen LogP contribution is -2.37. The van der Waals surface area contributed by atoms with Gasteiger partial charge in [0.05, 0.1) is 0 Å². The molecule has 1 amide bonds. The smallest absolute Gasteiger partial charge is 0.251 e. The molecule has 3 N–H and O–H groups in total. The van der Waals surface area contributed by atoms with E-state index in [-0.39, 0.29) is 5.91 Å². The van der Waals surface area contributed by atoms with Gasteiger partial charge in [-0.15, -0.1) is 0 Å². The first-order chi connectivity index (χ1) is 8.54. The lowest BCUT2D eigenvalue weighted by molar-refractivity contribution is 0.0923. The van der Waals surface area contributed by atoms with Gasteiger partial charge in [-0.3, -0.25) is 4.79 Å². The number of hydrogen-bond acceptors (Lipinski definition) is 3. The summed E-state index contributed by atoms with van der Waals surface area (Å²) >= 11 is 0. The average Bonchev–Trinajstić information content (AvgIpc) is 2.31. The lowest BCUT2D eigenvalue weighted by Gasteiger charge is -2.26. The molecule has 1 fully saturated rings. The minimum Gasteiger partial charge on any atom is -0.384 e. The van der Waals surface area contributed by atoms with Crippen molar-refractivity contribution in [3.05, 3.63) is 23.4 Å². The number of hydrogen-bond donors (Lipinski definition) is 2. The molecule has 4 heteroatoms. The number of rotatable bonds is 2. The van der Waals surface area contributed by atoms with Crippen LogP contribution >= 0.6 is 0 Å². The minimum absolute atomic E-state index is 0.0354. The summed E-state index contributed by atoms with van der Waals surface area (Å²) < 4.78 is 0. The Hall–Kier alpha value is -1.58. The van der Waals surface area contributed by atoms with Crippen molar-refractivity contribution in [1.29, 1.82) is 0 Å². The van der Waals surface area contributed by atoms with Gasteiger partial charge in [0.2, 0.25) is 0 Å². The van der Waals surface area contributed by atoms with E-state index in [0.29, 0.717) is 17.4 Å². The van der Waals surface area contributed by atoms with Crippen molar-refractivity contribution >= 4 is 11.7 Å². The van der Waals surface area contributed by atoms with Gasteiger partial charge < -0.3 is 11.1 Å². The summed E-state index contributed by atoms with van der Waals surface area (Å²) in [5.74, 6) is 1.15. The third-order valence-electron chi connectivity index (χ3n) is 3.59. The lowest BCUT2D eigenvalue weighted by atomic mass is 9.87. The van der Waals surface area contributed by atoms with Crippen LogP contribution in [0.2, 0.25) is 0 Å². The maximum absolute atomic E-state index is 12.1. The first kappa shape index (κ1) is 12.9. The van der Waals surface area contributed by atoms with Crippen LogP contribution in [0.5, 0.6) is 0 Å². The van der Waals surface area contributed by atoms with E-state index in [1.54, 1.807) is 12.1 Å². The van der Waals surface area contributed by atoms with Crippen molar-refractivity contribution in [3.8, 4) is 0 Å². The van der Waals surface area contributed by atoms with E-state index in [0.717, 1.165) is 24.5 Å². The number of nitrogens with one attached hydrogen (secondary N) is 1. The molecule has 0 unspecified atom stereocenters. The summed E-state index contributed by atoms with van der Waals surface area (Å²) in [6.45, 7) is 4.11. The van der Waals surface area contributed by atoms with Crippen molar-refractivity contribution in [2.45, 2.75) is 45.6 Å². The fourth-order valence-electron chi connectivity index (χ4n) is 2.50. The average molecular weight is 247 g/mol. The zero-order valence-electron chi connectivity index (χ0n) is 11.1. The Kier molecular flexibility index (Phi) is 3.84. The monoisotopic (exact) mass is 247 g/mol. The van der Waals surface area contributed by atoms with E-state index in [1.165, 1.54) is 12.8 Å². The Labute approximate surface area is 108 Å². The summed E-state index contributed by atoms with van der Waals surface area (Å²) in [4.78, 5) is 16.2. The molecular weight excluding hydrogens is 226 g/mol. The standard InChI is InChI=1S/C14H21N3O/c1-9-3-5-12(6-4-9)17-14(18)11-7-10(2)16-13(15)8-11/h7-9,12H,3-6H2,1-2H3,(H2,15,16)(H,17,18). The van der Waals surface area contributed by atoms with Crippen LogP contribution < -0.4 is 11.1 Å². The molecule has 1 saturated carbocycles. The summed E-state index contributed by atoms with van der Waals surface area (Å²) in [6.07, 6.45) is 4.55. The van der Waals surface area contributed by atoms with Gasteiger partial charge >= 0.3 is 0 Å². The van der Waals surface area contributed by atoms with Crippen molar-refractivity contribution in [2.24, 2.45) is 5.92 Å². The Morgan fingerprint density at radius 1 is 1.33 bits per heavy atom. The van der Waals surface area contributed by atoms with Crippen LogP contribution in [0.25, 0.3) is 0 Å². The first-order valence-electron chi connectivity index (χ1n) is 6.59. The highest BCUT2D eigenvalue weighted by molar-refractivity contribution is 5.95. The molecule has 1 aliphatic carbocycles. The summed E-state index contributed by atoms with van der Waals surface area (Å²) in [7, 11) is 0. The number of carbonyl (C=O) groups is 1. The van der Waals surface area contributed by atoms with Crippen LogP contribution in [0, 0.1) is 12.8 Å². The first-order valence-corrected chi connectivity index (χ1v) is 6.59. The zero-order chi connectivity index (χ0) is 13.1. The second kappa shape index (κ2) is 5.38. The van der Waals surface area contributed by atoms with E-state index >= 15 is 0 Å². The van der Waals surface area contributed by atoms with Crippen LogP contribution in [0.15, 0.2) is 12.1 Å². The number of nitrogen functional groups attached to an aromatic ring is 1. The predicted octanol–water partition coefficient (Wildman–Crippen LogP) is 2.28. The van der Waals surface area contributed by atoms with Crippen LogP contribution in [0.4, 0.5) is 5.82 Å². The quantitative estimate of drug-likeness (QED) is 0.842. The number of nitrogens with two attached hydrogens (primary N) is 1. The SMILES string of the molecule is Cc1cc(C(=O)NC2CCC(C)CC2)cc(N)n1. The Balaban J connectivity index is 1.99. The third kappa shape index (κ3) is 3.22. The molecule has 0 saturated heterocycles. The molecule has 0 aliphatic heterocycles. The maximum atomic E-state index is 12.1. The topological polar surface area (TPSA) is 68.0 Å². The second-order valence-corrected chi connectivity index (χ2v) is 5.35. The molecule has 0 atom stereocenters. The van der Waals surface area contributed by atoms with Gasteiger partial charge in [0.25, 0.3) is 5.91 Å². The third-order valence-corrected chi connectivity index (χ3v) is 3.59. The minimum atomic E-state index is -0.0354. The van der Waals surface area contributed by atoms with Crippen molar-refractivity contribution in [3.63, 3.8) is 0 Å². The fraction of sp³-hybridized carbons (Fsp3) is 0.571. The van der Waals surface area contributed by atoms with Crippen molar-refractivity contribution in [1.82, 2.24) is 10.3 Å². The van der Waals surface area contributed by atoms with E-state index in [1.807, 2.05) is 6.92 Å². The van der Waals surface area contributed by atoms with Gasteiger partial charge in [-0.2, -0.15) is 0 Å². The number of aromatic nitrogens is 1. The number of pyridine rings is 1. The molecule has 1 aliphatic rings. The summed E-state index contributed by atoms with van der Waals surface area (Å²) in [6, 6.07) is 3.72. The number of carbonyl (C=O) groups excluding carboxylic acids is 1. The van der Waals surface area contributed by atoms with Crippen molar-refractivity contribution < 1.29 is 4.79 Å². The molecule has 0 bridgehead atoms. The summed E-state index contributed by atoms with van der Waals surface area (Å²) in [5, 5.41) is 3.09. The molecule has 98 valence electrons. The Morgan fingerprint density at radius 2 is 2.00 bits per heavy atom. The molecule has 0 radical (unpaired) electrons. The van der Waals surface area contributed by atoms with Gasteiger partial charge in [0.15, 0.2) is 0 Å². The van der Waals surface area contributed by atoms with Crippen LogP contribution in [0.1, 0.15) is 48.7 Å². The van der Waals surface area contributed by atoms with Gasteiger partial charge in [-0.05, 0) is 50.7 Å². The molecule has 0 aromatic carbocycles. The van der Waals surface area contributed by atoms with E-state index in [2.05, 4.69) is 17.2 Å². The highest BCUT2D eigenvalue weighted by Gasteiger charge is 2.20. The van der Waals surface area contributed by atoms with E-state index in [9.17, 15) is 4.79 Å². The molecule has 1 aromatic rings. The van der Waals surface area contributed by atoms with Gasteiger partial charge in [0.1, 0.15) is 5.82 Å². The largest absolute Gasteiger partial charge is 0.384 e. The van der Waals surface area contributed by atoms with E-state index in [4.69, 9.17) is 5.73 Å². The maximum Gasteiger partial charge on any atom is 0.251 e. The molecule has 0 spiro atoms.